The molecular weight excluding hydrogens is 438 g/mol. The van der Waals surface area contributed by atoms with Gasteiger partial charge < -0.3 is 14.8 Å². The second-order valence-corrected chi connectivity index (χ2v) is 8.47. The highest BCUT2D eigenvalue weighted by Crippen LogP contribution is 2.36. The molecular formula is C29H28N3O3+. The lowest BCUT2D eigenvalue weighted by molar-refractivity contribution is -0.330. The number of ether oxygens (including phenoxy) is 2. The predicted octanol–water partition coefficient (Wildman–Crippen LogP) is 4.89. The van der Waals surface area contributed by atoms with Gasteiger partial charge >= 0.3 is 0 Å². The van der Waals surface area contributed by atoms with E-state index in [1.54, 1.807) is 26.4 Å². The molecule has 0 aliphatic carbocycles. The van der Waals surface area contributed by atoms with Gasteiger partial charge in [0.2, 0.25) is 5.91 Å². The number of hydrogen-bond donors (Lipinski definition) is 1. The molecule has 0 saturated heterocycles. The zero-order valence-electron chi connectivity index (χ0n) is 19.9. The highest BCUT2D eigenvalue weighted by molar-refractivity contribution is 6.08. The molecule has 2 heterocycles. The molecule has 6 heteroatoms. The predicted molar refractivity (Wildman–Crippen MR) is 139 cm³/mol. The highest BCUT2D eigenvalue weighted by atomic mass is 16.5. The third kappa shape index (κ3) is 4.68. The minimum atomic E-state index is -0.181. The molecule has 1 aromatic heterocycles. The number of nitrogens with zero attached hydrogens (tertiary/aromatic N) is 1. The van der Waals surface area contributed by atoms with Crippen LogP contribution in [0.1, 0.15) is 16.7 Å². The molecule has 3 aromatic carbocycles. The SMILES string of the molecule is COc1ccc(/C=C/C(=O)Nc2c3c([nH+]c4ccccc24)N(Cc2ccccc2)CC3)cc1OC. The molecule has 35 heavy (non-hydrogen) atoms. The number of hydrogen-bond acceptors (Lipinski definition) is 4. The molecule has 1 aliphatic rings. The lowest BCUT2D eigenvalue weighted by atomic mass is 10.1. The average Bonchev–Trinajstić information content (AvgIpc) is 3.29. The molecule has 0 saturated carbocycles. The fraction of sp³-hybridized carbons (Fsp3) is 0.172. The molecule has 0 radical (unpaired) electrons. The van der Waals surface area contributed by atoms with Crippen LogP contribution in [-0.2, 0) is 17.8 Å². The molecule has 176 valence electrons. The second-order valence-electron chi connectivity index (χ2n) is 8.47. The minimum Gasteiger partial charge on any atom is -0.493 e. The van der Waals surface area contributed by atoms with E-state index in [4.69, 9.17) is 9.47 Å². The van der Waals surface area contributed by atoms with Gasteiger partial charge in [-0.25, -0.2) is 4.98 Å². The zero-order chi connectivity index (χ0) is 24.2. The maximum atomic E-state index is 13.0. The number of anilines is 2. The molecule has 0 spiro atoms. The van der Waals surface area contributed by atoms with E-state index in [0.29, 0.717) is 11.5 Å². The Morgan fingerprint density at radius 2 is 1.77 bits per heavy atom. The Morgan fingerprint density at radius 1 is 1.00 bits per heavy atom. The minimum absolute atomic E-state index is 0.181. The Kier molecular flexibility index (Phi) is 6.35. The van der Waals surface area contributed by atoms with Gasteiger partial charge in [-0.05, 0) is 41.5 Å². The number of methoxy groups -OCH3 is 2. The number of nitrogens with one attached hydrogen (secondary N) is 2. The van der Waals surface area contributed by atoms with Crippen LogP contribution >= 0.6 is 0 Å². The summed E-state index contributed by atoms with van der Waals surface area (Å²) in [6.07, 6.45) is 4.19. The molecule has 0 bridgehead atoms. The first-order valence-electron chi connectivity index (χ1n) is 11.6. The summed E-state index contributed by atoms with van der Waals surface area (Å²) in [7, 11) is 3.19. The third-order valence-corrected chi connectivity index (χ3v) is 6.28. The van der Waals surface area contributed by atoms with Gasteiger partial charge in [0.05, 0.1) is 32.0 Å². The Bertz CT molecular complexity index is 1400. The van der Waals surface area contributed by atoms with E-state index in [2.05, 4.69) is 39.5 Å². The van der Waals surface area contributed by atoms with Crippen LogP contribution in [-0.4, -0.2) is 26.7 Å². The standard InChI is InChI=1S/C29H27N3O3/c1-34-25-14-12-20(18-26(25)35-2)13-15-27(33)31-28-22-10-6-7-11-24(22)30-29-23(28)16-17-32(29)19-21-8-4-3-5-9-21/h3-15,18H,16-17,19H2,1-2H3,(H,30,31,33)/p+1/b15-13+. The molecule has 6 nitrogen and oxygen atoms in total. The van der Waals surface area contributed by atoms with Crippen molar-refractivity contribution in [2.24, 2.45) is 0 Å². The van der Waals surface area contributed by atoms with E-state index in [-0.39, 0.29) is 5.91 Å². The first-order chi connectivity index (χ1) is 17.2. The molecule has 0 fully saturated rings. The molecule has 1 aliphatic heterocycles. The van der Waals surface area contributed by atoms with Gasteiger partial charge in [-0.3, -0.25) is 9.69 Å². The number of benzene rings is 3. The number of carbonyl (C=O) groups is 1. The Labute approximate surface area is 204 Å². The summed E-state index contributed by atoms with van der Waals surface area (Å²) in [5.41, 5.74) is 5.10. The van der Waals surface area contributed by atoms with E-state index in [9.17, 15) is 4.79 Å². The van der Waals surface area contributed by atoms with Crippen LogP contribution in [0.4, 0.5) is 11.5 Å². The van der Waals surface area contributed by atoms with E-state index in [0.717, 1.165) is 53.0 Å². The Balaban J connectivity index is 1.43. The molecule has 2 N–H and O–H groups in total. The topological polar surface area (TPSA) is 64.9 Å². The lowest BCUT2D eigenvalue weighted by Crippen LogP contribution is -2.26. The van der Waals surface area contributed by atoms with Gasteiger partial charge in [-0.2, -0.15) is 0 Å². The smallest absolute Gasteiger partial charge is 0.280 e. The Morgan fingerprint density at radius 3 is 2.57 bits per heavy atom. The number of aromatic amines is 1. The summed E-state index contributed by atoms with van der Waals surface area (Å²) in [5.74, 6) is 2.15. The van der Waals surface area contributed by atoms with Crippen molar-refractivity contribution in [2.45, 2.75) is 13.0 Å². The summed E-state index contributed by atoms with van der Waals surface area (Å²) in [5, 5.41) is 4.16. The maximum absolute atomic E-state index is 13.0. The van der Waals surface area contributed by atoms with Crippen LogP contribution in [0.15, 0.2) is 78.9 Å². The van der Waals surface area contributed by atoms with Gasteiger partial charge in [0, 0.05) is 17.9 Å². The monoisotopic (exact) mass is 466 g/mol. The average molecular weight is 467 g/mol. The van der Waals surface area contributed by atoms with E-state index in [1.165, 1.54) is 5.56 Å². The number of carbonyl (C=O) groups excluding carboxylic acids is 1. The van der Waals surface area contributed by atoms with Gasteiger partial charge in [0.15, 0.2) is 11.5 Å². The van der Waals surface area contributed by atoms with Crippen LogP contribution in [0.3, 0.4) is 0 Å². The quantitative estimate of drug-likeness (QED) is 0.394. The lowest BCUT2D eigenvalue weighted by Gasteiger charge is -2.14. The fourth-order valence-electron chi connectivity index (χ4n) is 4.56. The highest BCUT2D eigenvalue weighted by Gasteiger charge is 2.32. The van der Waals surface area contributed by atoms with Crippen LogP contribution < -0.4 is 24.7 Å². The molecule has 4 aromatic rings. The van der Waals surface area contributed by atoms with Gasteiger partial charge in [-0.15, -0.1) is 0 Å². The number of fused-ring (bicyclic) bond motifs is 2. The summed E-state index contributed by atoms with van der Waals surface area (Å²) in [4.78, 5) is 18.9. The van der Waals surface area contributed by atoms with Crippen LogP contribution in [0, 0.1) is 0 Å². The summed E-state index contributed by atoms with van der Waals surface area (Å²) >= 11 is 0. The third-order valence-electron chi connectivity index (χ3n) is 6.28. The van der Waals surface area contributed by atoms with Crippen molar-refractivity contribution in [1.29, 1.82) is 0 Å². The molecule has 0 unspecified atom stereocenters. The maximum Gasteiger partial charge on any atom is 0.280 e. The van der Waals surface area contributed by atoms with Crippen LogP contribution in [0.5, 0.6) is 11.5 Å². The van der Waals surface area contributed by atoms with E-state index >= 15 is 0 Å². The van der Waals surface area contributed by atoms with Crippen LogP contribution in [0.25, 0.3) is 17.0 Å². The number of aromatic nitrogens is 1. The summed E-state index contributed by atoms with van der Waals surface area (Å²) < 4.78 is 10.7. The first-order valence-corrected chi connectivity index (χ1v) is 11.6. The van der Waals surface area contributed by atoms with Gasteiger partial charge in [0.25, 0.3) is 5.82 Å². The number of amides is 1. The zero-order valence-corrected chi connectivity index (χ0v) is 19.9. The van der Waals surface area contributed by atoms with Crippen molar-refractivity contribution in [3.05, 3.63) is 95.6 Å². The summed E-state index contributed by atoms with van der Waals surface area (Å²) in [6, 6.07) is 24.1. The van der Waals surface area contributed by atoms with Crippen molar-refractivity contribution in [3.63, 3.8) is 0 Å². The molecule has 5 rings (SSSR count). The van der Waals surface area contributed by atoms with Gasteiger partial charge in [0.1, 0.15) is 12.1 Å². The fourth-order valence-corrected chi connectivity index (χ4v) is 4.56. The molecule has 1 amide bonds. The van der Waals surface area contributed by atoms with Crippen molar-refractivity contribution < 1.29 is 19.3 Å². The number of para-hydroxylation sites is 1. The largest absolute Gasteiger partial charge is 0.493 e. The first kappa shape index (κ1) is 22.5. The van der Waals surface area contributed by atoms with E-state index < -0.39 is 0 Å². The normalized spacial score (nSPS) is 12.7. The number of H-pyrrole nitrogens is 1. The van der Waals surface area contributed by atoms with Crippen molar-refractivity contribution in [3.8, 4) is 11.5 Å². The second kappa shape index (κ2) is 9.89. The van der Waals surface area contributed by atoms with Crippen LogP contribution in [0.2, 0.25) is 0 Å². The number of rotatable bonds is 7. The molecule has 0 atom stereocenters. The van der Waals surface area contributed by atoms with Crippen molar-refractivity contribution in [1.82, 2.24) is 0 Å². The van der Waals surface area contributed by atoms with E-state index in [1.807, 2.05) is 48.5 Å². The van der Waals surface area contributed by atoms with Gasteiger partial charge in [-0.1, -0.05) is 48.5 Å². The summed E-state index contributed by atoms with van der Waals surface area (Å²) in [6.45, 7) is 1.71. The van der Waals surface area contributed by atoms with Crippen molar-refractivity contribution >= 4 is 34.4 Å². The Hall–Kier alpha value is -4.32. The van der Waals surface area contributed by atoms with Crippen molar-refractivity contribution in [2.75, 3.05) is 31.0 Å². The number of pyridine rings is 1.